The Morgan fingerprint density at radius 2 is 2.29 bits per heavy atom. The minimum absolute atomic E-state index is 0.0758. The zero-order valence-corrected chi connectivity index (χ0v) is 11.9. The van der Waals surface area contributed by atoms with Gasteiger partial charge in [-0.2, -0.15) is 0 Å². The highest BCUT2D eigenvalue weighted by molar-refractivity contribution is 5.84. The van der Waals surface area contributed by atoms with E-state index in [2.05, 4.69) is 5.32 Å². The van der Waals surface area contributed by atoms with Crippen molar-refractivity contribution in [2.24, 2.45) is 0 Å². The highest BCUT2D eigenvalue weighted by atomic mass is 19.1. The molecule has 0 fully saturated rings. The van der Waals surface area contributed by atoms with E-state index in [1.165, 1.54) is 24.1 Å². The molecule has 1 N–H and O–H groups in total. The van der Waals surface area contributed by atoms with Crippen LogP contribution in [0.2, 0.25) is 0 Å². The van der Waals surface area contributed by atoms with Gasteiger partial charge in [-0.1, -0.05) is 6.07 Å². The van der Waals surface area contributed by atoms with Crippen molar-refractivity contribution in [1.29, 1.82) is 0 Å². The van der Waals surface area contributed by atoms with E-state index in [0.29, 0.717) is 0 Å². The molecule has 0 aliphatic carbocycles. The van der Waals surface area contributed by atoms with Crippen LogP contribution in [0.25, 0.3) is 0 Å². The third-order valence-corrected chi connectivity index (χ3v) is 3.09. The number of amides is 1. The maximum absolute atomic E-state index is 14.0. The SMILES string of the molecule is CCOC(=O)CN1CC(C(=O)NC)Oc2cccc(F)c21. The Labute approximate surface area is 121 Å². The maximum Gasteiger partial charge on any atom is 0.325 e. The number of fused-ring (bicyclic) bond motifs is 1. The standard InChI is InChI=1S/C14H17FN2O4/c1-3-20-12(18)8-17-7-11(14(19)16-2)21-10-6-4-5-9(15)13(10)17/h4-6,11H,3,7-8H2,1-2H3,(H,16,19). The number of hydrogen-bond acceptors (Lipinski definition) is 5. The third kappa shape index (κ3) is 3.24. The number of carbonyl (C=O) groups excluding carboxylic acids is 2. The number of rotatable bonds is 4. The van der Waals surface area contributed by atoms with Crippen LogP contribution in [-0.4, -0.2) is 44.7 Å². The monoisotopic (exact) mass is 296 g/mol. The molecular formula is C14H17FN2O4. The molecule has 0 bridgehead atoms. The molecule has 1 aromatic carbocycles. The van der Waals surface area contributed by atoms with Crippen molar-refractivity contribution >= 4 is 17.6 Å². The van der Waals surface area contributed by atoms with Gasteiger partial charge in [-0.05, 0) is 19.1 Å². The first kappa shape index (κ1) is 15.1. The van der Waals surface area contributed by atoms with Crippen molar-refractivity contribution < 1.29 is 23.5 Å². The molecule has 0 spiro atoms. The smallest absolute Gasteiger partial charge is 0.325 e. The Morgan fingerprint density at radius 3 is 2.95 bits per heavy atom. The van der Waals surface area contributed by atoms with E-state index < -0.39 is 17.9 Å². The van der Waals surface area contributed by atoms with Gasteiger partial charge in [0.2, 0.25) is 0 Å². The molecule has 21 heavy (non-hydrogen) atoms. The minimum atomic E-state index is -0.807. The molecule has 1 aromatic rings. The van der Waals surface area contributed by atoms with E-state index in [0.717, 1.165) is 0 Å². The van der Waals surface area contributed by atoms with Crippen molar-refractivity contribution in [3.63, 3.8) is 0 Å². The molecule has 0 radical (unpaired) electrons. The number of esters is 1. The molecule has 1 aliphatic heterocycles. The fourth-order valence-electron chi connectivity index (χ4n) is 2.18. The lowest BCUT2D eigenvalue weighted by Gasteiger charge is -2.34. The van der Waals surface area contributed by atoms with Crippen LogP contribution in [0.1, 0.15) is 6.92 Å². The molecule has 0 saturated heterocycles. The summed E-state index contributed by atoms with van der Waals surface area (Å²) in [5.74, 6) is -1.09. The first-order valence-electron chi connectivity index (χ1n) is 6.64. The molecule has 7 heteroatoms. The molecule has 2 rings (SSSR count). The lowest BCUT2D eigenvalue weighted by molar-refractivity contribution is -0.141. The van der Waals surface area contributed by atoms with Crippen LogP contribution in [0.4, 0.5) is 10.1 Å². The summed E-state index contributed by atoms with van der Waals surface area (Å²) in [6.07, 6.45) is -0.807. The summed E-state index contributed by atoms with van der Waals surface area (Å²) in [5.41, 5.74) is 0.172. The molecule has 1 heterocycles. The number of halogens is 1. The maximum atomic E-state index is 14.0. The van der Waals surface area contributed by atoms with Crippen molar-refractivity contribution in [2.45, 2.75) is 13.0 Å². The van der Waals surface area contributed by atoms with Crippen molar-refractivity contribution in [3.05, 3.63) is 24.0 Å². The van der Waals surface area contributed by atoms with Crippen molar-refractivity contribution in [1.82, 2.24) is 5.32 Å². The predicted molar refractivity (Wildman–Crippen MR) is 73.7 cm³/mol. The zero-order chi connectivity index (χ0) is 15.4. The quantitative estimate of drug-likeness (QED) is 0.829. The number of carbonyl (C=O) groups is 2. The van der Waals surface area contributed by atoms with Gasteiger partial charge in [-0.25, -0.2) is 4.39 Å². The second-order valence-electron chi connectivity index (χ2n) is 4.49. The van der Waals surface area contributed by atoms with E-state index in [1.54, 1.807) is 13.0 Å². The Hall–Kier alpha value is -2.31. The Kier molecular flexibility index (Phi) is 4.62. The van der Waals surface area contributed by atoms with Crippen LogP contribution >= 0.6 is 0 Å². The van der Waals surface area contributed by atoms with Crippen LogP contribution in [0.3, 0.4) is 0 Å². The minimum Gasteiger partial charge on any atom is -0.476 e. The number of benzene rings is 1. The number of likely N-dealkylation sites (N-methyl/N-ethyl adjacent to an activating group) is 1. The average Bonchev–Trinajstić information content (AvgIpc) is 2.46. The molecule has 1 atom stereocenters. The summed E-state index contributed by atoms with van der Waals surface area (Å²) < 4.78 is 24.4. The van der Waals surface area contributed by atoms with Gasteiger partial charge in [0.1, 0.15) is 23.8 Å². The predicted octanol–water partition coefficient (Wildman–Crippen LogP) is 0.702. The summed E-state index contributed by atoms with van der Waals surface area (Å²) in [5, 5.41) is 2.48. The first-order valence-corrected chi connectivity index (χ1v) is 6.64. The molecule has 114 valence electrons. The summed E-state index contributed by atoms with van der Waals surface area (Å²) in [7, 11) is 1.49. The summed E-state index contributed by atoms with van der Waals surface area (Å²) in [6, 6.07) is 4.33. The number of ether oxygens (including phenoxy) is 2. The van der Waals surface area contributed by atoms with Gasteiger partial charge in [-0.15, -0.1) is 0 Å². The Bertz CT molecular complexity index is 550. The van der Waals surface area contributed by atoms with Gasteiger partial charge >= 0.3 is 5.97 Å². The second kappa shape index (κ2) is 6.43. The first-order chi connectivity index (χ1) is 10.1. The van der Waals surface area contributed by atoms with Gasteiger partial charge in [-0.3, -0.25) is 9.59 Å². The molecular weight excluding hydrogens is 279 g/mol. The lowest BCUT2D eigenvalue weighted by Crippen LogP contribution is -2.50. The number of anilines is 1. The lowest BCUT2D eigenvalue weighted by atomic mass is 10.1. The van der Waals surface area contributed by atoms with Crippen LogP contribution < -0.4 is 15.0 Å². The van der Waals surface area contributed by atoms with E-state index in [9.17, 15) is 14.0 Å². The molecule has 1 amide bonds. The number of para-hydroxylation sites is 1. The summed E-state index contributed by atoms with van der Waals surface area (Å²) in [6.45, 7) is 1.87. The third-order valence-electron chi connectivity index (χ3n) is 3.09. The van der Waals surface area contributed by atoms with Crippen LogP contribution in [0.15, 0.2) is 18.2 Å². The highest BCUT2D eigenvalue weighted by Gasteiger charge is 2.33. The van der Waals surface area contributed by atoms with Crippen molar-refractivity contribution in [3.8, 4) is 5.75 Å². The van der Waals surface area contributed by atoms with Gasteiger partial charge < -0.3 is 19.7 Å². The van der Waals surface area contributed by atoms with Crippen LogP contribution in [0.5, 0.6) is 5.75 Å². The number of nitrogens with zero attached hydrogens (tertiary/aromatic N) is 1. The molecule has 0 aromatic heterocycles. The normalized spacial score (nSPS) is 16.7. The molecule has 1 aliphatic rings. The zero-order valence-electron chi connectivity index (χ0n) is 11.9. The van der Waals surface area contributed by atoms with E-state index >= 15 is 0 Å². The number of nitrogens with one attached hydrogen (secondary N) is 1. The Morgan fingerprint density at radius 1 is 1.52 bits per heavy atom. The van der Waals surface area contributed by atoms with Crippen LogP contribution in [-0.2, 0) is 14.3 Å². The largest absolute Gasteiger partial charge is 0.476 e. The summed E-state index contributed by atoms with van der Waals surface area (Å²) in [4.78, 5) is 24.9. The number of hydrogen-bond donors (Lipinski definition) is 1. The van der Waals surface area contributed by atoms with Gasteiger partial charge in [0, 0.05) is 7.05 Å². The summed E-state index contributed by atoms with van der Waals surface area (Å²) >= 11 is 0. The molecule has 1 unspecified atom stereocenters. The second-order valence-corrected chi connectivity index (χ2v) is 4.49. The van der Waals surface area contributed by atoms with Gasteiger partial charge in [0.25, 0.3) is 5.91 Å². The average molecular weight is 296 g/mol. The van der Waals surface area contributed by atoms with E-state index in [4.69, 9.17) is 9.47 Å². The van der Waals surface area contributed by atoms with Gasteiger partial charge in [0.15, 0.2) is 6.10 Å². The van der Waals surface area contributed by atoms with E-state index in [-0.39, 0.29) is 37.0 Å². The Balaban J connectivity index is 2.29. The van der Waals surface area contributed by atoms with Crippen molar-refractivity contribution in [2.75, 3.05) is 31.6 Å². The molecule has 0 saturated carbocycles. The van der Waals surface area contributed by atoms with Crippen LogP contribution in [0, 0.1) is 5.82 Å². The topological polar surface area (TPSA) is 67.9 Å². The van der Waals surface area contributed by atoms with E-state index in [1.807, 2.05) is 0 Å². The fourth-order valence-corrected chi connectivity index (χ4v) is 2.18. The highest BCUT2D eigenvalue weighted by Crippen LogP contribution is 2.35. The molecule has 6 nitrogen and oxygen atoms in total. The fraction of sp³-hybridized carbons (Fsp3) is 0.429. The van der Waals surface area contributed by atoms with Gasteiger partial charge in [0.05, 0.1) is 13.2 Å².